The molecule has 0 aromatic heterocycles. The van der Waals surface area contributed by atoms with Crippen LogP contribution in [0.3, 0.4) is 0 Å². The zero-order valence-corrected chi connectivity index (χ0v) is 11.9. The van der Waals surface area contributed by atoms with Crippen LogP contribution in [0.4, 0.5) is 0 Å². The molecule has 0 saturated heterocycles. The standard InChI is InChI=1S/C13H9BrO2.C2H6/c14-12-8-4-3-6-10(12)9-5-1-2-7-11(9)13(15)16;1-2/h1-8H,(H,15,16);1-2H3. The fraction of sp³-hybridized carbons (Fsp3) is 0.133. The van der Waals surface area contributed by atoms with Crippen LogP contribution in [0.1, 0.15) is 24.2 Å². The molecule has 94 valence electrons. The normalized spacial score (nSPS) is 9.28. The zero-order chi connectivity index (χ0) is 13.5. The fourth-order valence-corrected chi connectivity index (χ4v) is 2.08. The van der Waals surface area contributed by atoms with Gasteiger partial charge in [0, 0.05) is 4.47 Å². The first-order chi connectivity index (χ1) is 8.70. The fourth-order valence-electron chi connectivity index (χ4n) is 1.58. The van der Waals surface area contributed by atoms with Gasteiger partial charge in [-0.1, -0.05) is 66.2 Å². The first-order valence-electron chi connectivity index (χ1n) is 5.77. The predicted octanol–water partition coefficient (Wildman–Crippen LogP) is 4.84. The van der Waals surface area contributed by atoms with Gasteiger partial charge in [0.25, 0.3) is 0 Å². The molecule has 2 nitrogen and oxygen atoms in total. The monoisotopic (exact) mass is 306 g/mol. The van der Waals surface area contributed by atoms with Crippen LogP contribution in [0.5, 0.6) is 0 Å². The number of carboxylic acid groups (broad SMARTS) is 1. The highest BCUT2D eigenvalue weighted by molar-refractivity contribution is 9.10. The van der Waals surface area contributed by atoms with E-state index in [1.807, 2.05) is 50.2 Å². The molecule has 0 radical (unpaired) electrons. The summed E-state index contributed by atoms with van der Waals surface area (Å²) < 4.78 is 0.892. The van der Waals surface area contributed by atoms with Gasteiger partial charge < -0.3 is 5.11 Å². The van der Waals surface area contributed by atoms with Gasteiger partial charge in [0.15, 0.2) is 0 Å². The van der Waals surface area contributed by atoms with Crippen LogP contribution in [-0.4, -0.2) is 11.1 Å². The largest absolute Gasteiger partial charge is 0.478 e. The second-order valence-electron chi connectivity index (χ2n) is 3.33. The summed E-state index contributed by atoms with van der Waals surface area (Å²) in [7, 11) is 0. The van der Waals surface area contributed by atoms with E-state index in [-0.39, 0.29) is 0 Å². The summed E-state index contributed by atoms with van der Waals surface area (Å²) in [5, 5.41) is 9.10. The van der Waals surface area contributed by atoms with Gasteiger partial charge in [0.1, 0.15) is 0 Å². The molecule has 0 saturated carbocycles. The molecule has 0 unspecified atom stereocenters. The van der Waals surface area contributed by atoms with E-state index in [1.54, 1.807) is 12.1 Å². The van der Waals surface area contributed by atoms with Gasteiger partial charge in [-0.15, -0.1) is 0 Å². The SMILES string of the molecule is CC.O=C(O)c1ccccc1-c1ccccc1Br. The molecule has 0 amide bonds. The maximum Gasteiger partial charge on any atom is 0.336 e. The van der Waals surface area contributed by atoms with E-state index in [4.69, 9.17) is 5.11 Å². The van der Waals surface area contributed by atoms with E-state index in [9.17, 15) is 4.79 Å². The Morgan fingerprint density at radius 1 is 0.944 bits per heavy atom. The Morgan fingerprint density at radius 2 is 1.44 bits per heavy atom. The molecule has 2 aromatic carbocycles. The molecule has 0 aliphatic carbocycles. The van der Waals surface area contributed by atoms with E-state index in [0.29, 0.717) is 5.56 Å². The maximum absolute atomic E-state index is 11.1. The van der Waals surface area contributed by atoms with Crippen molar-refractivity contribution in [3.05, 3.63) is 58.6 Å². The summed E-state index contributed by atoms with van der Waals surface area (Å²) in [5.74, 6) is -0.911. The lowest BCUT2D eigenvalue weighted by atomic mass is 10.00. The Hall–Kier alpha value is -1.61. The van der Waals surface area contributed by atoms with Crippen LogP contribution < -0.4 is 0 Å². The Morgan fingerprint density at radius 3 is 2.00 bits per heavy atom. The average molecular weight is 307 g/mol. The van der Waals surface area contributed by atoms with Crippen molar-refractivity contribution < 1.29 is 9.90 Å². The van der Waals surface area contributed by atoms with Gasteiger partial charge in [0.2, 0.25) is 0 Å². The van der Waals surface area contributed by atoms with Crippen molar-refractivity contribution in [2.45, 2.75) is 13.8 Å². The number of hydrogen-bond acceptors (Lipinski definition) is 1. The molecule has 2 rings (SSSR count). The molecule has 0 fully saturated rings. The minimum atomic E-state index is -0.911. The van der Waals surface area contributed by atoms with Gasteiger partial charge in [0.05, 0.1) is 5.56 Å². The Labute approximate surface area is 115 Å². The summed E-state index contributed by atoms with van der Waals surface area (Å²) in [5.41, 5.74) is 1.93. The molecule has 2 aromatic rings. The van der Waals surface area contributed by atoms with E-state index in [2.05, 4.69) is 15.9 Å². The van der Waals surface area contributed by atoms with Crippen LogP contribution in [0, 0.1) is 0 Å². The highest BCUT2D eigenvalue weighted by Crippen LogP contribution is 2.30. The van der Waals surface area contributed by atoms with Gasteiger partial charge >= 0.3 is 5.97 Å². The highest BCUT2D eigenvalue weighted by Gasteiger charge is 2.12. The van der Waals surface area contributed by atoms with Gasteiger partial charge in [-0.05, 0) is 23.3 Å². The minimum Gasteiger partial charge on any atom is -0.478 e. The minimum absolute atomic E-state index is 0.314. The number of aromatic carboxylic acids is 1. The second-order valence-corrected chi connectivity index (χ2v) is 4.18. The molecular weight excluding hydrogens is 292 g/mol. The first-order valence-corrected chi connectivity index (χ1v) is 6.56. The lowest BCUT2D eigenvalue weighted by molar-refractivity contribution is 0.0697. The maximum atomic E-state index is 11.1. The Kier molecular flexibility index (Phi) is 5.59. The molecule has 1 N–H and O–H groups in total. The molecule has 0 atom stereocenters. The first kappa shape index (κ1) is 14.5. The predicted molar refractivity (Wildman–Crippen MR) is 77.9 cm³/mol. The summed E-state index contributed by atoms with van der Waals surface area (Å²) >= 11 is 3.42. The van der Waals surface area contributed by atoms with Crippen molar-refractivity contribution in [1.29, 1.82) is 0 Å². The molecule has 0 aliphatic heterocycles. The topological polar surface area (TPSA) is 37.3 Å². The van der Waals surface area contributed by atoms with Gasteiger partial charge in [-0.2, -0.15) is 0 Å². The van der Waals surface area contributed by atoms with Crippen molar-refractivity contribution in [3.8, 4) is 11.1 Å². The van der Waals surface area contributed by atoms with Crippen LogP contribution in [-0.2, 0) is 0 Å². The van der Waals surface area contributed by atoms with E-state index in [0.717, 1.165) is 15.6 Å². The highest BCUT2D eigenvalue weighted by atomic mass is 79.9. The van der Waals surface area contributed by atoms with Crippen molar-refractivity contribution in [3.63, 3.8) is 0 Å². The summed E-state index contributed by atoms with van der Waals surface area (Å²) in [6.07, 6.45) is 0. The summed E-state index contributed by atoms with van der Waals surface area (Å²) in [6, 6.07) is 14.6. The quantitative estimate of drug-likeness (QED) is 0.862. The number of carboxylic acids is 1. The zero-order valence-electron chi connectivity index (χ0n) is 10.4. The van der Waals surface area contributed by atoms with Gasteiger partial charge in [-0.3, -0.25) is 0 Å². The molecule has 0 bridgehead atoms. The smallest absolute Gasteiger partial charge is 0.336 e. The van der Waals surface area contributed by atoms with Crippen LogP contribution in [0.25, 0.3) is 11.1 Å². The molecular formula is C15H15BrO2. The molecule has 0 aliphatic rings. The van der Waals surface area contributed by atoms with Crippen molar-refractivity contribution in [2.24, 2.45) is 0 Å². The van der Waals surface area contributed by atoms with E-state index in [1.165, 1.54) is 0 Å². The number of rotatable bonds is 2. The van der Waals surface area contributed by atoms with Crippen molar-refractivity contribution in [1.82, 2.24) is 0 Å². The van der Waals surface area contributed by atoms with E-state index < -0.39 is 5.97 Å². The number of carbonyl (C=O) groups is 1. The van der Waals surface area contributed by atoms with Crippen molar-refractivity contribution in [2.75, 3.05) is 0 Å². The van der Waals surface area contributed by atoms with Crippen LogP contribution >= 0.6 is 15.9 Å². The lowest BCUT2D eigenvalue weighted by Gasteiger charge is -2.07. The third-order valence-corrected chi connectivity index (χ3v) is 3.01. The van der Waals surface area contributed by atoms with Gasteiger partial charge in [-0.25, -0.2) is 4.79 Å². The molecule has 3 heteroatoms. The third kappa shape index (κ3) is 3.20. The number of hydrogen-bond donors (Lipinski definition) is 1. The Balaban J connectivity index is 0.000000771. The van der Waals surface area contributed by atoms with Crippen LogP contribution in [0.15, 0.2) is 53.0 Å². The van der Waals surface area contributed by atoms with E-state index >= 15 is 0 Å². The number of benzene rings is 2. The Bertz CT molecular complexity index is 536. The van der Waals surface area contributed by atoms with Crippen LogP contribution in [0.2, 0.25) is 0 Å². The third-order valence-electron chi connectivity index (χ3n) is 2.32. The molecule has 0 heterocycles. The molecule has 18 heavy (non-hydrogen) atoms. The summed E-state index contributed by atoms with van der Waals surface area (Å²) in [4.78, 5) is 11.1. The summed E-state index contributed by atoms with van der Waals surface area (Å²) in [6.45, 7) is 4.00. The number of halogens is 1. The van der Waals surface area contributed by atoms with Crippen molar-refractivity contribution >= 4 is 21.9 Å². The average Bonchev–Trinajstić information content (AvgIpc) is 2.41. The second kappa shape index (κ2) is 6.97. The molecule has 0 spiro atoms. The lowest BCUT2D eigenvalue weighted by Crippen LogP contribution is -1.99.